The Morgan fingerprint density at radius 2 is 2.32 bits per heavy atom. The highest BCUT2D eigenvalue weighted by molar-refractivity contribution is 5.97. The molecule has 3 rings (SSSR count). The summed E-state index contributed by atoms with van der Waals surface area (Å²) >= 11 is 0. The van der Waals surface area contributed by atoms with E-state index in [9.17, 15) is 4.79 Å². The van der Waals surface area contributed by atoms with Gasteiger partial charge in [0, 0.05) is 25.7 Å². The van der Waals surface area contributed by atoms with Gasteiger partial charge in [0.1, 0.15) is 11.9 Å². The van der Waals surface area contributed by atoms with Crippen molar-refractivity contribution in [1.82, 2.24) is 40.6 Å². The minimum absolute atomic E-state index is 0.0159. The third kappa shape index (κ3) is 3.28. The van der Waals surface area contributed by atoms with E-state index in [1.54, 1.807) is 0 Å². The van der Waals surface area contributed by atoms with Crippen LogP contribution in [-0.2, 0) is 4.74 Å². The molecule has 118 valence electrons. The Morgan fingerprint density at radius 1 is 1.50 bits per heavy atom. The lowest BCUT2D eigenvalue weighted by Gasteiger charge is -2.29. The van der Waals surface area contributed by atoms with E-state index in [2.05, 4.69) is 35.9 Å². The van der Waals surface area contributed by atoms with E-state index in [1.165, 1.54) is 17.2 Å². The monoisotopic (exact) mass is 306 g/mol. The summed E-state index contributed by atoms with van der Waals surface area (Å²) in [5.41, 5.74) is 0.404. The molecule has 10 nitrogen and oxygen atoms in total. The molecule has 0 radical (unpaired) electrons. The van der Waals surface area contributed by atoms with Crippen LogP contribution in [0.15, 0.2) is 12.5 Å². The summed E-state index contributed by atoms with van der Waals surface area (Å²) in [5.74, 6) is 0.237. The number of ether oxygens (including phenoxy) is 1. The maximum Gasteiger partial charge on any atom is 0.257 e. The number of hydrogen-bond donors (Lipinski definition) is 2. The van der Waals surface area contributed by atoms with Crippen LogP contribution in [0.2, 0.25) is 0 Å². The van der Waals surface area contributed by atoms with Gasteiger partial charge in [-0.15, -0.1) is 5.10 Å². The molecule has 10 heteroatoms. The molecule has 0 bridgehead atoms. The number of H-pyrrole nitrogens is 1. The van der Waals surface area contributed by atoms with Crippen molar-refractivity contribution in [1.29, 1.82) is 0 Å². The van der Waals surface area contributed by atoms with Gasteiger partial charge in [-0.1, -0.05) is 0 Å². The first-order chi connectivity index (χ1) is 10.7. The molecule has 0 aromatic carbocycles. The third-order valence-corrected chi connectivity index (χ3v) is 3.46. The summed E-state index contributed by atoms with van der Waals surface area (Å²) in [7, 11) is 0. The summed E-state index contributed by atoms with van der Waals surface area (Å²) in [6, 6.07) is 0.0159. The van der Waals surface area contributed by atoms with Crippen molar-refractivity contribution in [3.63, 3.8) is 0 Å². The summed E-state index contributed by atoms with van der Waals surface area (Å²) in [6.45, 7) is 6.03. The van der Waals surface area contributed by atoms with E-state index in [0.29, 0.717) is 11.4 Å². The molecule has 22 heavy (non-hydrogen) atoms. The fourth-order valence-electron chi connectivity index (χ4n) is 2.40. The maximum absolute atomic E-state index is 12.4. The number of carbonyl (C=O) groups is 1. The van der Waals surface area contributed by atoms with Gasteiger partial charge in [-0.3, -0.25) is 14.8 Å². The Hall–Kier alpha value is -2.33. The van der Waals surface area contributed by atoms with Crippen molar-refractivity contribution in [3.05, 3.63) is 18.1 Å². The van der Waals surface area contributed by atoms with E-state index in [4.69, 9.17) is 4.74 Å². The van der Waals surface area contributed by atoms with Gasteiger partial charge < -0.3 is 10.1 Å². The zero-order valence-electron chi connectivity index (χ0n) is 12.3. The third-order valence-electron chi connectivity index (χ3n) is 3.46. The topological polar surface area (TPSA) is 114 Å². The first-order valence-electron chi connectivity index (χ1n) is 7.11. The molecule has 1 saturated heterocycles. The van der Waals surface area contributed by atoms with E-state index in [1.807, 2.05) is 6.92 Å². The first kappa shape index (κ1) is 14.6. The van der Waals surface area contributed by atoms with Crippen LogP contribution in [0.4, 0.5) is 0 Å². The minimum Gasteiger partial charge on any atom is -0.379 e. The second-order valence-corrected chi connectivity index (χ2v) is 5.17. The Bertz CT molecular complexity index is 604. The predicted molar refractivity (Wildman–Crippen MR) is 75.5 cm³/mol. The SMILES string of the molecule is CC(CN1CCOCC1)NC(=O)c1cn[nH]c1-n1cnnn1. The van der Waals surface area contributed by atoms with Crippen molar-refractivity contribution in [3.8, 4) is 5.82 Å². The normalized spacial score (nSPS) is 17.3. The van der Waals surface area contributed by atoms with E-state index in [0.717, 1.165) is 32.8 Å². The fraction of sp³-hybridized carbons (Fsp3) is 0.583. The zero-order valence-corrected chi connectivity index (χ0v) is 12.3. The molecule has 2 aromatic rings. The lowest BCUT2D eigenvalue weighted by atomic mass is 10.2. The van der Waals surface area contributed by atoms with Crippen LogP contribution in [0.25, 0.3) is 5.82 Å². The number of aromatic amines is 1. The van der Waals surface area contributed by atoms with Crippen molar-refractivity contribution < 1.29 is 9.53 Å². The number of amides is 1. The molecular formula is C12H18N8O2. The number of nitrogens with one attached hydrogen (secondary N) is 2. The second-order valence-electron chi connectivity index (χ2n) is 5.17. The number of morpholine rings is 1. The van der Waals surface area contributed by atoms with Crippen LogP contribution >= 0.6 is 0 Å². The van der Waals surface area contributed by atoms with E-state index in [-0.39, 0.29) is 11.9 Å². The highest BCUT2D eigenvalue weighted by Gasteiger charge is 2.20. The van der Waals surface area contributed by atoms with E-state index < -0.39 is 0 Å². The summed E-state index contributed by atoms with van der Waals surface area (Å²) < 4.78 is 6.69. The van der Waals surface area contributed by atoms with Crippen LogP contribution in [-0.4, -0.2) is 80.1 Å². The van der Waals surface area contributed by atoms with Crippen LogP contribution in [0.3, 0.4) is 0 Å². The van der Waals surface area contributed by atoms with Gasteiger partial charge in [0.15, 0.2) is 5.82 Å². The second kappa shape index (κ2) is 6.62. The van der Waals surface area contributed by atoms with Gasteiger partial charge >= 0.3 is 0 Å². The maximum atomic E-state index is 12.4. The molecule has 2 aromatic heterocycles. The van der Waals surface area contributed by atoms with Crippen molar-refractivity contribution in [2.45, 2.75) is 13.0 Å². The smallest absolute Gasteiger partial charge is 0.257 e. The van der Waals surface area contributed by atoms with E-state index >= 15 is 0 Å². The van der Waals surface area contributed by atoms with Gasteiger partial charge in [0.2, 0.25) is 0 Å². The standard InChI is InChI=1S/C12H18N8O2/c1-9(7-19-2-4-22-5-3-19)15-12(21)10-6-13-16-11(10)20-8-14-17-18-20/h6,8-9H,2-5,7H2,1H3,(H,13,16)(H,15,21). The molecule has 1 atom stereocenters. The molecule has 1 aliphatic heterocycles. The number of hydrogen-bond acceptors (Lipinski definition) is 7. The Morgan fingerprint density at radius 3 is 3.05 bits per heavy atom. The number of aromatic nitrogens is 6. The van der Waals surface area contributed by atoms with Crippen LogP contribution in [0.1, 0.15) is 17.3 Å². The van der Waals surface area contributed by atoms with Gasteiger partial charge in [-0.05, 0) is 17.4 Å². The summed E-state index contributed by atoms with van der Waals surface area (Å²) in [5, 5.41) is 20.4. The van der Waals surface area contributed by atoms with Crippen molar-refractivity contribution in [2.75, 3.05) is 32.8 Å². The zero-order chi connectivity index (χ0) is 15.4. The van der Waals surface area contributed by atoms with Gasteiger partial charge in [0.05, 0.1) is 19.4 Å². The molecule has 0 saturated carbocycles. The average molecular weight is 306 g/mol. The first-order valence-corrected chi connectivity index (χ1v) is 7.11. The van der Waals surface area contributed by atoms with Gasteiger partial charge in [-0.25, -0.2) is 0 Å². The molecular weight excluding hydrogens is 288 g/mol. The lowest BCUT2D eigenvalue weighted by molar-refractivity contribution is 0.0342. The largest absolute Gasteiger partial charge is 0.379 e. The fourth-order valence-corrected chi connectivity index (χ4v) is 2.40. The molecule has 1 unspecified atom stereocenters. The quantitative estimate of drug-likeness (QED) is 0.716. The molecule has 2 N–H and O–H groups in total. The Kier molecular flexibility index (Phi) is 4.39. The average Bonchev–Trinajstić information content (AvgIpc) is 3.19. The number of nitrogens with zero attached hydrogens (tertiary/aromatic N) is 6. The highest BCUT2D eigenvalue weighted by atomic mass is 16.5. The summed E-state index contributed by atoms with van der Waals surface area (Å²) in [4.78, 5) is 14.6. The number of rotatable bonds is 5. The van der Waals surface area contributed by atoms with Crippen LogP contribution < -0.4 is 5.32 Å². The molecule has 1 fully saturated rings. The molecule has 1 amide bonds. The highest BCUT2D eigenvalue weighted by Crippen LogP contribution is 2.09. The number of tetrazole rings is 1. The Labute approximate surface area is 126 Å². The molecule has 1 aliphatic rings. The number of carbonyl (C=O) groups excluding carboxylic acids is 1. The van der Waals surface area contributed by atoms with Gasteiger partial charge in [-0.2, -0.15) is 9.78 Å². The van der Waals surface area contributed by atoms with Crippen LogP contribution in [0.5, 0.6) is 0 Å². The lowest BCUT2D eigenvalue weighted by Crippen LogP contribution is -2.46. The van der Waals surface area contributed by atoms with Crippen molar-refractivity contribution in [2.24, 2.45) is 0 Å². The molecule has 0 aliphatic carbocycles. The minimum atomic E-state index is -0.208. The summed E-state index contributed by atoms with van der Waals surface area (Å²) in [6.07, 6.45) is 2.87. The Balaban J connectivity index is 1.61. The molecule has 0 spiro atoms. The molecule has 3 heterocycles. The van der Waals surface area contributed by atoms with Gasteiger partial charge in [0.25, 0.3) is 5.91 Å². The van der Waals surface area contributed by atoms with Crippen molar-refractivity contribution >= 4 is 5.91 Å². The predicted octanol–water partition coefficient (Wildman–Crippen LogP) is -1.16. The van der Waals surface area contributed by atoms with Crippen LogP contribution in [0, 0.1) is 0 Å².